The van der Waals surface area contributed by atoms with Crippen molar-refractivity contribution in [3.05, 3.63) is 29.8 Å². The van der Waals surface area contributed by atoms with Crippen molar-refractivity contribution in [1.82, 2.24) is 4.90 Å². The van der Waals surface area contributed by atoms with Gasteiger partial charge in [0.15, 0.2) is 0 Å². The molecule has 9 heteroatoms. The van der Waals surface area contributed by atoms with Gasteiger partial charge in [-0.1, -0.05) is 12.1 Å². The molecule has 0 saturated carbocycles. The Kier molecular flexibility index (Phi) is 6.10. The van der Waals surface area contributed by atoms with Crippen molar-refractivity contribution in [2.45, 2.75) is 44.5 Å². The number of carbonyl (C=O) groups excluding carboxylic acids is 2. The standard InChI is InChI=1S/C17H20F3NO4S/c1-16(2,3)25-14(23)7-8-21-13(22)10-26-15(21)11-5-4-6-12(9-11)24-17(18,19)20/h4-6,9,15H,7-8,10H2,1-3H3. The van der Waals surface area contributed by atoms with Crippen molar-refractivity contribution in [3.63, 3.8) is 0 Å². The zero-order valence-electron chi connectivity index (χ0n) is 14.6. The van der Waals surface area contributed by atoms with Crippen molar-refractivity contribution in [3.8, 4) is 5.75 Å². The van der Waals surface area contributed by atoms with E-state index in [-0.39, 0.29) is 30.4 Å². The Morgan fingerprint density at radius 2 is 2.00 bits per heavy atom. The lowest BCUT2D eigenvalue weighted by Gasteiger charge is -2.25. The minimum Gasteiger partial charge on any atom is -0.460 e. The van der Waals surface area contributed by atoms with Crippen molar-refractivity contribution in [1.29, 1.82) is 0 Å². The van der Waals surface area contributed by atoms with E-state index in [1.807, 2.05) is 0 Å². The van der Waals surface area contributed by atoms with Crippen LogP contribution in [0.3, 0.4) is 0 Å². The Bertz CT molecular complexity index is 673. The first-order valence-corrected chi connectivity index (χ1v) is 8.98. The fourth-order valence-corrected chi connectivity index (χ4v) is 3.65. The first-order chi connectivity index (χ1) is 11.9. The summed E-state index contributed by atoms with van der Waals surface area (Å²) >= 11 is 1.29. The summed E-state index contributed by atoms with van der Waals surface area (Å²) in [5.74, 6) is -0.758. The van der Waals surface area contributed by atoms with Gasteiger partial charge in [0.05, 0.1) is 12.2 Å². The molecule has 1 atom stereocenters. The number of hydrogen-bond acceptors (Lipinski definition) is 5. The molecule has 1 amide bonds. The minimum atomic E-state index is -4.78. The quantitative estimate of drug-likeness (QED) is 0.713. The van der Waals surface area contributed by atoms with Crippen LogP contribution in [0.1, 0.15) is 38.1 Å². The summed E-state index contributed by atoms with van der Waals surface area (Å²) in [5, 5.41) is -0.471. The average Bonchev–Trinajstić information content (AvgIpc) is 2.83. The van der Waals surface area contributed by atoms with E-state index >= 15 is 0 Å². The number of nitrogens with zero attached hydrogens (tertiary/aromatic N) is 1. The van der Waals surface area contributed by atoms with Gasteiger partial charge >= 0.3 is 12.3 Å². The van der Waals surface area contributed by atoms with Crippen LogP contribution in [0.25, 0.3) is 0 Å². The number of hydrogen-bond donors (Lipinski definition) is 0. The molecule has 5 nitrogen and oxygen atoms in total. The highest BCUT2D eigenvalue weighted by Gasteiger charge is 2.35. The summed E-state index contributed by atoms with van der Waals surface area (Å²) in [6.45, 7) is 5.37. The maximum Gasteiger partial charge on any atom is 0.573 e. The second-order valence-electron chi connectivity index (χ2n) is 6.71. The Balaban J connectivity index is 2.07. The zero-order valence-corrected chi connectivity index (χ0v) is 15.4. The number of ether oxygens (including phenoxy) is 2. The average molecular weight is 391 g/mol. The third-order valence-electron chi connectivity index (χ3n) is 3.32. The van der Waals surface area contributed by atoms with Crippen LogP contribution in [0.2, 0.25) is 0 Å². The second-order valence-corrected chi connectivity index (χ2v) is 7.78. The maximum absolute atomic E-state index is 12.4. The molecule has 26 heavy (non-hydrogen) atoms. The molecule has 0 bridgehead atoms. The predicted octanol–water partition coefficient (Wildman–Crippen LogP) is 3.89. The predicted molar refractivity (Wildman–Crippen MR) is 90.5 cm³/mol. The summed E-state index contributed by atoms with van der Waals surface area (Å²) in [6, 6.07) is 5.51. The number of thioether (sulfide) groups is 1. The molecule has 2 rings (SSSR count). The van der Waals surface area contributed by atoms with E-state index in [4.69, 9.17) is 4.74 Å². The molecule has 0 aromatic heterocycles. The molecule has 1 aliphatic rings. The maximum atomic E-state index is 12.4. The number of halogens is 3. The number of amides is 1. The molecule has 0 aliphatic carbocycles. The highest BCUT2D eigenvalue weighted by molar-refractivity contribution is 8.00. The normalized spacial score (nSPS) is 18.2. The molecule has 1 aromatic carbocycles. The van der Waals surface area contributed by atoms with E-state index in [1.165, 1.54) is 34.9 Å². The Morgan fingerprint density at radius 1 is 1.31 bits per heavy atom. The van der Waals surface area contributed by atoms with Crippen molar-refractivity contribution >= 4 is 23.6 Å². The van der Waals surface area contributed by atoms with Crippen LogP contribution in [0.4, 0.5) is 13.2 Å². The van der Waals surface area contributed by atoms with Gasteiger partial charge in [0.25, 0.3) is 0 Å². The second kappa shape index (κ2) is 7.77. The smallest absolute Gasteiger partial charge is 0.460 e. The molecular weight excluding hydrogens is 371 g/mol. The van der Waals surface area contributed by atoms with Gasteiger partial charge in [-0.05, 0) is 38.5 Å². The van der Waals surface area contributed by atoms with E-state index in [0.29, 0.717) is 5.56 Å². The molecule has 1 unspecified atom stereocenters. The van der Waals surface area contributed by atoms with Gasteiger partial charge in [0.1, 0.15) is 16.7 Å². The number of alkyl halides is 3. The molecule has 1 aliphatic heterocycles. The molecule has 144 valence electrons. The topological polar surface area (TPSA) is 55.8 Å². The van der Waals surface area contributed by atoms with E-state index in [0.717, 1.165) is 0 Å². The number of carbonyl (C=O) groups is 2. The SMILES string of the molecule is CC(C)(C)OC(=O)CCN1C(=O)CSC1c1cccc(OC(F)(F)F)c1. The third kappa shape index (κ3) is 6.12. The van der Waals surface area contributed by atoms with E-state index in [9.17, 15) is 22.8 Å². The summed E-state index contributed by atoms with van der Waals surface area (Å²) in [7, 11) is 0. The largest absolute Gasteiger partial charge is 0.573 e. The fraction of sp³-hybridized carbons (Fsp3) is 0.529. The third-order valence-corrected chi connectivity index (χ3v) is 4.58. The summed E-state index contributed by atoms with van der Waals surface area (Å²) in [6.07, 6.45) is -4.77. The first-order valence-electron chi connectivity index (χ1n) is 7.93. The highest BCUT2D eigenvalue weighted by Crippen LogP contribution is 2.40. The van der Waals surface area contributed by atoms with Crippen LogP contribution >= 0.6 is 11.8 Å². The van der Waals surface area contributed by atoms with Crippen LogP contribution in [0.15, 0.2) is 24.3 Å². The summed E-state index contributed by atoms with van der Waals surface area (Å²) in [4.78, 5) is 25.4. The lowest BCUT2D eigenvalue weighted by atomic mass is 10.2. The number of rotatable bonds is 5. The van der Waals surface area contributed by atoms with Crippen molar-refractivity contribution < 1.29 is 32.2 Å². The van der Waals surface area contributed by atoms with Crippen LogP contribution in [0.5, 0.6) is 5.75 Å². The fourth-order valence-electron chi connectivity index (χ4n) is 2.44. The Hall–Kier alpha value is -1.90. The van der Waals surface area contributed by atoms with Gasteiger partial charge in [0.2, 0.25) is 5.91 Å². The molecule has 1 heterocycles. The van der Waals surface area contributed by atoms with Crippen LogP contribution in [-0.2, 0) is 14.3 Å². The monoisotopic (exact) mass is 391 g/mol. The summed E-state index contributed by atoms with van der Waals surface area (Å²) in [5.41, 5.74) is -0.115. The van der Waals surface area contributed by atoms with Gasteiger partial charge in [-0.15, -0.1) is 24.9 Å². The highest BCUT2D eigenvalue weighted by atomic mass is 32.2. The molecule has 0 radical (unpaired) electrons. The molecule has 1 saturated heterocycles. The van der Waals surface area contributed by atoms with Crippen LogP contribution in [-0.4, -0.2) is 41.0 Å². The summed E-state index contributed by atoms with van der Waals surface area (Å²) < 4.78 is 46.3. The van der Waals surface area contributed by atoms with Crippen molar-refractivity contribution in [2.75, 3.05) is 12.3 Å². The number of benzene rings is 1. The first kappa shape index (κ1) is 20.4. The molecular formula is C17H20F3NO4S. The lowest BCUT2D eigenvalue weighted by Crippen LogP contribution is -2.32. The van der Waals surface area contributed by atoms with Gasteiger partial charge in [-0.2, -0.15) is 0 Å². The van der Waals surface area contributed by atoms with E-state index < -0.39 is 23.3 Å². The lowest BCUT2D eigenvalue weighted by molar-refractivity contribution is -0.274. The minimum absolute atomic E-state index is 0.0127. The van der Waals surface area contributed by atoms with E-state index in [1.54, 1.807) is 26.8 Å². The van der Waals surface area contributed by atoms with Crippen LogP contribution < -0.4 is 4.74 Å². The molecule has 1 aromatic rings. The number of esters is 1. The Morgan fingerprint density at radius 3 is 2.62 bits per heavy atom. The molecule has 0 spiro atoms. The van der Waals surface area contributed by atoms with Gasteiger partial charge in [-0.3, -0.25) is 9.59 Å². The van der Waals surface area contributed by atoms with Crippen molar-refractivity contribution in [2.24, 2.45) is 0 Å². The van der Waals surface area contributed by atoms with Gasteiger partial charge in [0, 0.05) is 6.54 Å². The Labute approximate surface area is 153 Å². The van der Waals surface area contributed by atoms with Gasteiger partial charge in [-0.25, -0.2) is 0 Å². The molecule has 1 fully saturated rings. The van der Waals surface area contributed by atoms with Gasteiger partial charge < -0.3 is 14.4 Å². The molecule has 0 N–H and O–H groups in total. The van der Waals surface area contributed by atoms with Crippen LogP contribution in [0, 0.1) is 0 Å². The van der Waals surface area contributed by atoms with E-state index in [2.05, 4.69) is 4.74 Å². The zero-order chi connectivity index (χ0) is 19.5.